The van der Waals surface area contributed by atoms with Crippen molar-refractivity contribution < 1.29 is 51.3 Å². The third kappa shape index (κ3) is 18.5. The molecule has 1 saturated carbocycles. The van der Waals surface area contributed by atoms with Crippen LogP contribution >= 0.6 is 0 Å². The number of rotatable bonds is 1. The van der Waals surface area contributed by atoms with Crippen LogP contribution < -0.4 is 24.8 Å². The predicted octanol–water partition coefficient (Wildman–Crippen LogP) is -2.41. The first kappa shape index (κ1) is 27.7. The second-order valence-electron chi connectivity index (χ2n) is 3.93. The van der Waals surface area contributed by atoms with Crippen molar-refractivity contribution in [2.24, 2.45) is 5.92 Å². The Kier molecular flexibility index (Phi) is 30.3. The second-order valence-corrected chi connectivity index (χ2v) is 5.08. The number of allylic oxidation sites excluding steroid dienone is 4. The molecular weight excluding hydrogens is 333 g/mol. The summed E-state index contributed by atoms with van der Waals surface area (Å²) in [6.45, 7) is 4.42. The molecule has 6 heteroatoms. The van der Waals surface area contributed by atoms with E-state index in [-0.39, 0.29) is 58.4 Å². The molecule has 19 heavy (non-hydrogen) atoms. The van der Waals surface area contributed by atoms with Gasteiger partial charge in [-0.25, -0.2) is 12.2 Å². The third-order valence-electron chi connectivity index (χ3n) is 2.31. The monoisotopic (exact) mass is 354 g/mol. The third-order valence-corrected chi connectivity index (χ3v) is 2.31. The summed E-state index contributed by atoms with van der Waals surface area (Å²) in [5, 5.41) is 0. The van der Waals surface area contributed by atoms with Crippen LogP contribution in [0, 0.1) is 12.0 Å². The van der Waals surface area contributed by atoms with E-state index < -0.39 is 0 Å². The minimum atomic E-state index is -0.359. The number of carbonyl (C=O) groups is 1. The Labute approximate surface area is 147 Å². The molecule has 0 saturated heterocycles. The zero-order chi connectivity index (χ0) is 12.2. The number of nitrogens with one attached hydrogen (secondary N) is 1. The van der Waals surface area contributed by atoms with Gasteiger partial charge in [0.25, 0.3) is 0 Å². The normalized spacial score (nSPS) is 14.6. The number of halogens is 2. The Morgan fingerprint density at radius 1 is 1.26 bits per heavy atom. The first-order valence-electron chi connectivity index (χ1n) is 5.93. The number of hydrogen-bond donors (Lipinski definition) is 0. The molecule has 0 aromatic heterocycles. The van der Waals surface area contributed by atoms with E-state index >= 15 is 0 Å². The maximum atomic E-state index is 10.3. The van der Waals surface area contributed by atoms with Crippen LogP contribution in [-0.4, -0.2) is 15.4 Å². The maximum absolute atomic E-state index is 10.3. The van der Waals surface area contributed by atoms with Gasteiger partial charge in [-0.2, -0.15) is 6.08 Å². The summed E-state index contributed by atoms with van der Waals surface area (Å²) in [6, 6.07) is 0. The van der Waals surface area contributed by atoms with Gasteiger partial charge in [-0.1, -0.05) is 25.9 Å². The fourth-order valence-electron chi connectivity index (χ4n) is 1.53. The zero-order valence-electron chi connectivity index (χ0n) is 11.6. The maximum Gasteiger partial charge on any atom is 4.00 e. The van der Waals surface area contributed by atoms with Crippen LogP contribution in [0.25, 0.3) is 5.73 Å². The summed E-state index contributed by atoms with van der Waals surface area (Å²) in [5.74, 6) is -0.266. The van der Waals surface area contributed by atoms with E-state index in [1.165, 1.54) is 0 Å². The molecule has 1 radical (unpaired) electrons. The van der Waals surface area contributed by atoms with Crippen molar-refractivity contribution in [2.75, 3.05) is 0 Å². The quantitative estimate of drug-likeness (QED) is 0.382. The fourth-order valence-corrected chi connectivity index (χ4v) is 1.53. The van der Waals surface area contributed by atoms with Crippen LogP contribution in [0.15, 0.2) is 18.2 Å². The summed E-state index contributed by atoms with van der Waals surface area (Å²) in [4.78, 5) is 10.3. The Bertz CT molecular complexity index is 235. The Morgan fingerprint density at radius 3 is 1.89 bits per heavy atom. The van der Waals surface area contributed by atoms with Crippen molar-refractivity contribution in [2.45, 2.75) is 45.2 Å². The van der Waals surface area contributed by atoms with Crippen molar-refractivity contribution in [3.8, 4) is 0 Å². The molecule has 0 aromatic carbocycles. The summed E-state index contributed by atoms with van der Waals surface area (Å²) < 4.78 is 0. The van der Waals surface area contributed by atoms with Gasteiger partial charge in [-0.15, -0.1) is 6.42 Å². The summed E-state index contributed by atoms with van der Waals surface area (Å²) in [5.41, 5.74) is 6.74. The van der Waals surface area contributed by atoms with Crippen LogP contribution in [0.5, 0.6) is 0 Å². The van der Waals surface area contributed by atoms with Crippen molar-refractivity contribution in [3.63, 3.8) is 0 Å². The van der Waals surface area contributed by atoms with Gasteiger partial charge >= 0.3 is 21.7 Å². The Balaban J connectivity index is -0.0000000907. The molecular formula is C13H22Cl2NOSiTi. The van der Waals surface area contributed by atoms with E-state index in [2.05, 4.69) is 25.2 Å². The van der Waals surface area contributed by atoms with Crippen LogP contribution in [-0.2, 0) is 26.5 Å². The van der Waals surface area contributed by atoms with Crippen LogP contribution in [0.1, 0.15) is 32.1 Å². The van der Waals surface area contributed by atoms with Gasteiger partial charge < -0.3 is 35.3 Å². The first-order chi connectivity index (χ1) is 7.72. The zero-order valence-corrected chi connectivity index (χ0v) is 15.8. The average molecular weight is 355 g/mol. The number of carbonyl (C=O) groups excluding carboxylic acids is 1. The van der Waals surface area contributed by atoms with E-state index in [4.69, 9.17) is 5.73 Å². The van der Waals surface area contributed by atoms with Gasteiger partial charge in [0.15, 0.2) is 0 Å². The van der Waals surface area contributed by atoms with Crippen LogP contribution in [0.2, 0.25) is 13.1 Å². The molecule has 0 spiro atoms. The Morgan fingerprint density at radius 2 is 1.74 bits per heavy atom. The van der Waals surface area contributed by atoms with Crippen LogP contribution in [0.3, 0.4) is 0 Å². The van der Waals surface area contributed by atoms with E-state index in [0.29, 0.717) is 0 Å². The van der Waals surface area contributed by atoms with Gasteiger partial charge in [-0.3, -0.25) is 6.08 Å². The molecule has 0 aromatic rings. The molecule has 0 heterocycles. The molecule has 0 unspecified atom stereocenters. The molecule has 0 atom stereocenters. The number of hydrogen-bond acceptors (Lipinski definition) is 1. The fraction of sp³-hybridized carbons (Fsp3) is 0.615. The molecule has 0 bridgehead atoms. The minimum Gasteiger partial charge on any atom is -1.00 e. The molecule has 1 fully saturated rings. The van der Waals surface area contributed by atoms with Crippen molar-refractivity contribution in [3.05, 3.63) is 30.0 Å². The van der Waals surface area contributed by atoms with Gasteiger partial charge in [0.1, 0.15) is 0 Å². The molecule has 107 valence electrons. The first-order valence-corrected chi connectivity index (χ1v) is 8.24. The van der Waals surface area contributed by atoms with Gasteiger partial charge in [0.2, 0.25) is 0 Å². The Hall–Kier alpha value is 0.461. The molecule has 1 amide bonds. The predicted molar refractivity (Wildman–Crippen MR) is 71.7 cm³/mol. The minimum absolute atomic E-state index is 0. The largest absolute Gasteiger partial charge is 4.00 e. The van der Waals surface area contributed by atoms with Gasteiger partial charge in [0.05, 0.1) is 5.91 Å². The smallest absolute Gasteiger partial charge is 1.00 e. The average Bonchev–Trinajstić information content (AvgIpc) is 2.96. The topological polar surface area (TPSA) is 40.9 Å². The van der Waals surface area contributed by atoms with Crippen molar-refractivity contribution in [1.29, 1.82) is 0 Å². The molecule has 2 aliphatic carbocycles. The number of amides is 1. The molecule has 2 nitrogen and oxygen atoms in total. The molecule has 0 aliphatic heterocycles. The van der Waals surface area contributed by atoms with Crippen molar-refractivity contribution >= 4 is 15.4 Å². The SMILES string of the molecule is C[SiH]C.[C-]1=CC=CC1.[Cl-].[Cl-].[NH-]C(=O)C1CCCC1.[Ti+4]. The van der Waals surface area contributed by atoms with E-state index in [0.717, 1.165) is 41.6 Å². The molecule has 2 aliphatic rings. The summed E-state index contributed by atoms with van der Waals surface area (Å²) >= 11 is 0. The van der Waals surface area contributed by atoms with E-state index in [9.17, 15) is 4.79 Å². The standard InChI is InChI=1S/C6H11NO.C5H5.C2H7Si.2ClH.Ti/c7-6(8)5-3-1-2-4-5;1-2-4-5-3-1;1-3-2;;;/h5H,1-4H2,(H2,7,8);1-3H,4H2;3H,1-2H3;2*1H;/q;-1;;;;+4/p-3. The van der Waals surface area contributed by atoms with Gasteiger partial charge in [-0.05, 0) is 12.8 Å². The second kappa shape index (κ2) is 20.8. The van der Waals surface area contributed by atoms with E-state index in [1.54, 1.807) is 0 Å². The van der Waals surface area contributed by atoms with E-state index in [1.807, 2.05) is 12.2 Å². The summed E-state index contributed by atoms with van der Waals surface area (Å²) in [6.07, 6.45) is 14.2. The van der Waals surface area contributed by atoms with Crippen molar-refractivity contribution in [1.82, 2.24) is 0 Å². The molecule has 2 rings (SSSR count). The van der Waals surface area contributed by atoms with Gasteiger partial charge in [0, 0.05) is 15.4 Å². The molecule has 1 N–H and O–H groups in total. The summed E-state index contributed by atoms with van der Waals surface area (Å²) in [7, 11) is 0.750. The van der Waals surface area contributed by atoms with Crippen LogP contribution in [0.4, 0.5) is 0 Å².